The van der Waals surface area contributed by atoms with Crippen molar-refractivity contribution in [3.63, 3.8) is 0 Å². The second-order valence-corrected chi connectivity index (χ2v) is 11.8. The zero-order chi connectivity index (χ0) is 32.7. The molecule has 0 aliphatic carbocycles. The summed E-state index contributed by atoms with van der Waals surface area (Å²) in [6.45, 7) is 16.8. The molecule has 3 atom stereocenters. The van der Waals surface area contributed by atoms with Gasteiger partial charge in [0.05, 0.1) is 13.2 Å². The first-order valence-electron chi connectivity index (χ1n) is 14.7. The predicted molar refractivity (Wildman–Crippen MR) is 158 cm³/mol. The van der Waals surface area contributed by atoms with Gasteiger partial charge in [-0.05, 0) is 82.9 Å². The Kier molecular flexibility index (Phi) is 15.9. The molecule has 1 unspecified atom stereocenters. The van der Waals surface area contributed by atoms with Crippen molar-refractivity contribution >= 4 is 24.4 Å². The molecule has 0 bridgehead atoms. The third kappa shape index (κ3) is 15.5. The van der Waals surface area contributed by atoms with Gasteiger partial charge < -0.3 is 38.9 Å². The lowest BCUT2D eigenvalue weighted by molar-refractivity contribution is -0.156. The Morgan fingerprint density at radius 1 is 0.767 bits per heavy atom. The fraction of sp³-hybridized carbons (Fsp3) is 0.677. The van der Waals surface area contributed by atoms with Gasteiger partial charge >= 0.3 is 24.4 Å². The predicted octanol–water partition coefficient (Wildman–Crippen LogP) is 6.34. The highest BCUT2D eigenvalue weighted by molar-refractivity contribution is 5.76. The minimum atomic E-state index is -1.11. The van der Waals surface area contributed by atoms with E-state index in [4.69, 9.17) is 38.9 Å². The fourth-order valence-corrected chi connectivity index (χ4v) is 3.11. The summed E-state index contributed by atoms with van der Waals surface area (Å²) >= 11 is 0. The van der Waals surface area contributed by atoms with Crippen LogP contribution >= 0.6 is 0 Å². The molecule has 0 aromatic heterocycles. The highest BCUT2D eigenvalue weighted by atomic mass is 16.8. The van der Waals surface area contributed by atoms with E-state index >= 15 is 0 Å². The van der Waals surface area contributed by atoms with Crippen molar-refractivity contribution < 1.29 is 52.3 Å². The van der Waals surface area contributed by atoms with Gasteiger partial charge in [0.15, 0.2) is 11.5 Å². The highest BCUT2D eigenvalue weighted by Gasteiger charge is 2.28. The van der Waals surface area contributed by atoms with Crippen molar-refractivity contribution in [2.45, 2.75) is 112 Å². The molecule has 0 saturated carbocycles. The van der Waals surface area contributed by atoms with Crippen LogP contribution in [0.5, 0.6) is 11.5 Å². The molecule has 1 rings (SSSR count). The summed E-state index contributed by atoms with van der Waals surface area (Å²) in [5.74, 6) is -0.285. The van der Waals surface area contributed by atoms with Crippen LogP contribution < -0.4 is 15.2 Å². The van der Waals surface area contributed by atoms with E-state index in [1.807, 2.05) is 34.6 Å². The first kappa shape index (κ1) is 37.5. The molecule has 1 aromatic carbocycles. The van der Waals surface area contributed by atoms with Crippen LogP contribution in [-0.2, 0) is 34.9 Å². The molecular formula is C31H49NO11. The van der Waals surface area contributed by atoms with E-state index in [1.165, 1.54) is 12.1 Å². The summed E-state index contributed by atoms with van der Waals surface area (Å²) < 4.78 is 36.7. The van der Waals surface area contributed by atoms with Gasteiger partial charge in [0, 0.05) is 0 Å². The first-order chi connectivity index (χ1) is 20.0. The van der Waals surface area contributed by atoms with Crippen molar-refractivity contribution in [2.75, 3.05) is 13.2 Å². The van der Waals surface area contributed by atoms with Gasteiger partial charge in [-0.2, -0.15) is 0 Å². The number of carbonyl (C=O) groups excluding carboxylic acids is 4. The molecule has 0 heterocycles. The number of hydrogen-bond acceptors (Lipinski definition) is 12. The van der Waals surface area contributed by atoms with Crippen LogP contribution in [0.3, 0.4) is 0 Å². The molecule has 0 spiro atoms. The topological polar surface area (TPSA) is 159 Å². The third-order valence-electron chi connectivity index (χ3n) is 6.44. The normalized spacial score (nSPS) is 13.5. The van der Waals surface area contributed by atoms with Crippen molar-refractivity contribution in [3.8, 4) is 11.5 Å². The molecule has 0 aliphatic rings. The minimum Gasteiger partial charge on any atom is -0.458 e. The molecule has 0 fully saturated rings. The Morgan fingerprint density at radius 3 is 1.79 bits per heavy atom. The number of ether oxygens (including phenoxy) is 7. The standard InChI is InChI=1S/C31H49NO11/c1-10-31(8,9)43-30(36)40-22(7)21(6)39-27(33)24(32)17-23-11-12-25(41-28(34)37-15-13-19(2)3)26(18-23)42-29(35)38-16-14-20(4)5/h11-12,18-22,24H,10,13-17,32H2,1-9H3/t21-,22?,24-/m0/s1. The minimum absolute atomic E-state index is 0.00854. The van der Waals surface area contributed by atoms with E-state index < -0.39 is 48.3 Å². The van der Waals surface area contributed by atoms with Gasteiger partial charge in [-0.25, -0.2) is 14.4 Å². The molecule has 0 radical (unpaired) electrons. The van der Waals surface area contributed by atoms with E-state index in [0.29, 0.717) is 36.7 Å². The number of hydrogen-bond donors (Lipinski definition) is 1. The van der Waals surface area contributed by atoms with Crippen LogP contribution in [0.2, 0.25) is 0 Å². The van der Waals surface area contributed by atoms with Gasteiger partial charge in [-0.3, -0.25) is 4.79 Å². The molecule has 244 valence electrons. The molecule has 43 heavy (non-hydrogen) atoms. The number of nitrogens with two attached hydrogens (primary N) is 1. The van der Waals surface area contributed by atoms with Crippen LogP contribution in [0.15, 0.2) is 18.2 Å². The Balaban J connectivity index is 2.90. The smallest absolute Gasteiger partial charge is 0.458 e. The summed E-state index contributed by atoms with van der Waals surface area (Å²) in [5, 5.41) is 0. The van der Waals surface area contributed by atoms with Crippen LogP contribution in [0.25, 0.3) is 0 Å². The molecule has 0 amide bonds. The van der Waals surface area contributed by atoms with Gasteiger partial charge in [0.2, 0.25) is 0 Å². The molecule has 2 N–H and O–H groups in total. The number of carbonyl (C=O) groups is 4. The Morgan fingerprint density at radius 2 is 1.28 bits per heavy atom. The lowest BCUT2D eigenvalue weighted by Gasteiger charge is -2.26. The van der Waals surface area contributed by atoms with E-state index in [0.717, 1.165) is 0 Å². The summed E-state index contributed by atoms with van der Waals surface area (Å²) in [7, 11) is 0. The van der Waals surface area contributed by atoms with E-state index in [9.17, 15) is 19.2 Å². The lowest BCUT2D eigenvalue weighted by atomic mass is 10.1. The quantitative estimate of drug-likeness (QED) is 0.126. The maximum atomic E-state index is 12.7. The summed E-state index contributed by atoms with van der Waals surface area (Å²) in [6.07, 6.45) is -2.54. The van der Waals surface area contributed by atoms with E-state index in [2.05, 4.69) is 0 Å². The SMILES string of the molecule is CCC(C)(C)OC(=O)OC(C)[C@H](C)OC(=O)[C@@H](N)Cc1ccc(OC(=O)OCCC(C)C)c(OC(=O)OCCC(C)C)c1. The van der Waals surface area contributed by atoms with E-state index in [-0.39, 0.29) is 31.1 Å². The highest BCUT2D eigenvalue weighted by Crippen LogP contribution is 2.30. The average molecular weight is 612 g/mol. The largest absolute Gasteiger partial charge is 0.513 e. The number of rotatable bonds is 16. The fourth-order valence-electron chi connectivity index (χ4n) is 3.11. The number of esters is 1. The Bertz CT molecular complexity index is 1050. The second kappa shape index (κ2) is 18.2. The Labute approximate surface area is 254 Å². The molecule has 12 heteroatoms. The lowest BCUT2D eigenvalue weighted by Crippen LogP contribution is -2.40. The molecule has 0 saturated heterocycles. The first-order valence-corrected chi connectivity index (χ1v) is 14.7. The van der Waals surface area contributed by atoms with Gasteiger partial charge in [-0.15, -0.1) is 0 Å². The van der Waals surface area contributed by atoms with Crippen molar-refractivity contribution in [2.24, 2.45) is 17.6 Å². The number of benzene rings is 1. The second-order valence-electron chi connectivity index (χ2n) is 11.8. The van der Waals surface area contributed by atoms with Gasteiger partial charge in [-0.1, -0.05) is 40.7 Å². The van der Waals surface area contributed by atoms with Crippen molar-refractivity contribution in [1.29, 1.82) is 0 Å². The monoisotopic (exact) mass is 611 g/mol. The molecule has 1 aromatic rings. The van der Waals surface area contributed by atoms with Gasteiger partial charge in [0.25, 0.3) is 0 Å². The van der Waals surface area contributed by atoms with Crippen LogP contribution in [0.4, 0.5) is 14.4 Å². The Hall–Kier alpha value is -3.54. The zero-order valence-electron chi connectivity index (χ0n) is 26.9. The zero-order valence-corrected chi connectivity index (χ0v) is 26.9. The van der Waals surface area contributed by atoms with Crippen LogP contribution in [0, 0.1) is 11.8 Å². The van der Waals surface area contributed by atoms with Crippen molar-refractivity contribution in [3.05, 3.63) is 23.8 Å². The van der Waals surface area contributed by atoms with Crippen molar-refractivity contribution in [1.82, 2.24) is 0 Å². The average Bonchev–Trinajstić information content (AvgIpc) is 2.89. The summed E-state index contributed by atoms with van der Waals surface area (Å²) in [4.78, 5) is 49.3. The van der Waals surface area contributed by atoms with Crippen LogP contribution in [-0.4, -0.2) is 61.5 Å². The van der Waals surface area contributed by atoms with E-state index in [1.54, 1.807) is 33.8 Å². The molecular weight excluding hydrogens is 562 g/mol. The third-order valence-corrected chi connectivity index (χ3v) is 6.44. The maximum absolute atomic E-state index is 12.7. The molecule has 12 nitrogen and oxygen atoms in total. The summed E-state index contributed by atoms with van der Waals surface area (Å²) in [6, 6.07) is 3.25. The maximum Gasteiger partial charge on any atom is 0.513 e. The molecule has 0 aliphatic heterocycles. The van der Waals surface area contributed by atoms with Gasteiger partial charge in [0.1, 0.15) is 23.9 Å². The summed E-state index contributed by atoms with van der Waals surface area (Å²) in [5.41, 5.74) is 5.89. The van der Waals surface area contributed by atoms with Crippen LogP contribution in [0.1, 0.15) is 87.1 Å².